The molecule has 24 heavy (non-hydrogen) atoms. The Kier molecular flexibility index (Phi) is 5.39. The summed E-state index contributed by atoms with van der Waals surface area (Å²) in [7, 11) is -1.38. The van der Waals surface area contributed by atoms with Crippen molar-refractivity contribution in [3.8, 4) is 0 Å². The predicted molar refractivity (Wildman–Crippen MR) is 101 cm³/mol. The van der Waals surface area contributed by atoms with E-state index in [1.165, 1.54) is 10.6 Å². The third kappa shape index (κ3) is 2.76. The van der Waals surface area contributed by atoms with Crippen molar-refractivity contribution in [2.24, 2.45) is 0 Å². The summed E-state index contributed by atoms with van der Waals surface area (Å²) >= 11 is 0. The lowest BCUT2D eigenvalue weighted by molar-refractivity contribution is 0.0327. The number of aliphatic hydroxyl groups is 4. The first-order valence-electron chi connectivity index (χ1n) is 8.65. The summed E-state index contributed by atoms with van der Waals surface area (Å²) in [5.41, 5.74) is 0.182. The summed E-state index contributed by atoms with van der Waals surface area (Å²) in [5, 5.41) is 43.7. The highest BCUT2D eigenvalue weighted by Crippen LogP contribution is 2.59. The molecule has 6 heteroatoms. The van der Waals surface area contributed by atoms with Crippen molar-refractivity contribution in [3.05, 3.63) is 24.3 Å². The minimum absolute atomic E-state index is 0.0456. The fourth-order valence-electron chi connectivity index (χ4n) is 4.32. The van der Waals surface area contributed by atoms with Crippen molar-refractivity contribution in [3.63, 3.8) is 0 Å². The van der Waals surface area contributed by atoms with Crippen LogP contribution in [0.1, 0.15) is 27.7 Å². The lowest BCUT2D eigenvalue weighted by atomic mass is 10.1. The SMILES string of the molecule is CC1C(O)[C@H](O)[C@H](C)P1c1ccccc1P1[C@@H](C)C(O)[C@H](O)[C@@H]1C. The van der Waals surface area contributed by atoms with Gasteiger partial charge in [-0.3, -0.25) is 0 Å². The summed E-state index contributed by atoms with van der Waals surface area (Å²) in [5.74, 6) is 0. The zero-order chi connectivity index (χ0) is 17.8. The van der Waals surface area contributed by atoms with Crippen LogP contribution in [0.3, 0.4) is 0 Å². The molecule has 0 aliphatic carbocycles. The van der Waals surface area contributed by atoms with E-state index in [-0.39, 0.29) is 22.6 Å². The quantitative estimate of drug-likeness (QED) is 0.584. The molecule has 1 aromatic rings. The lowest BCUT2D eigenvalue weighted by Crippen LogP contribution is -2.30. The number of hydrogen-bond donors (Lipinski definition) is 4. The normalized spacial score (nSPS) is 48.8. The van der Waals surface area contributed by atoms with E-state index in [0.717, 1.165) is 0 Å². The molecule has 0 amide bonds. The second-order valence-corrected chi connectivity index (χ2v) is 13.1. The van der Waals surface area contributed by atoms with Crippen LogP contribution in [0.5, 0.6) is 0 Å². The Morgan fingerprint density at radius 1 is 0.583 bits per heavy atom. The van der Waals surface area contributed by atoms with Gasteiger partial charge in [0.2, 0.25) is 0 Å². The second kappa shape index (κ2) is 6.91. The largest absolute Gasteiger partial charge is 0.390 e. The number of aliphatic hydroxyl groups excluding tert-OH is 4. The highest BCUT2D eigenvalue weighted by atomic mass is 31.1. The molecule has 134 valence electrons. The molecule has 4 nitrogen and oxygen atoms in total. The average molecular weight is 370 g/mol. The van der Waals surface area contributed by atoms with Gasteiger partial charge in [0, 0.05) is 22.6 Å². The van der Waals surface area contributed by atoms with Gasteiger partial charge in [0.05, 0.1) is 24.4 Å². The van der Waals surface area contributed by atoms with Crippen molar-refractivity contribution in [1.29, 1.82) is 0 Å². The summed E-state index contributed by atoms with van der Waals surface area (Å²) < 4.78 is 0. The Morgan fingerprint density at radius 2 is 0.833 bits per heavy atom. The standard InChI is InChI=1S/C18H28O4P2/c1-9-15(19)16(20)10(2)23(9)13-7-5-6-8-14(13)24-11(3)17(21)18(22)12(24)4/h5-12,15-22H,1-4H3/t9-,10-,11-,12?,15+,16?,17+,18?,23?,24?/m0/s1. The van der Waals surface area contributed by atoms with Crippen molar-refractivity contribution in [1.82, 2.24) is 0 Å². The van der Waals surface area contributed by atoms with Gasteiger partial charge in [-0.1, -0.05) is 67.8 Å². The molecule has 5 unspecified atom stereocenters. The van der Waals surface area contributed by atoms with Gasteiger partial charge in [-0.25, -0.2) is 0 Å². The van der Waals surface area contributed by atoms with Crippen LogP contribution in [0.15, 0.2) is 24.3 Å². The van der Waals surface area contributed by atoms with Crippen LogP contribution in [-0.2, 0) is 0 Å². The first-order valence-corrected chi connectivity index (χ1v) is 11.6. The van der Waals surface area contributed by atoms with E-state index < -0.39 is 40.3 Å². The molecule has 0 saturated carbocycles. The monoisotopic (exact) mass is 370 g/mol. The van der Waals surface area contributed by atoms with Crippen molar-refractivity contribution < 1.29 is 20.4 Å². The maximum Gasteiger partial charge on any atom is 0.0872 e. The summed E-state index contributed by atoms with van der Waals surface area (Å²) in [6, 6.07) is 8.28. The fourth-order valence-corrected chi connectivity index (χ4v) is 11.5. The Balaban J connectivity index is 2.04. The lowest BCUT2D eigenvalue weighted by Gasteiger charge is -2.30. The molecule has 0 aromatic heterocycles. The Morgan fingerprint density at radius 3 is 1.08 bits per heavy atom. The van der Waals surface area contributed by atoms with Gasteiger partial charge in [0.1, 0.15) is 0 Å². The van der Waals surface area contributed by atoms with Gasteiger partial charge in [0.15, 0.2) is 0 Å². The number of benzene rings is 1. The first-order chi connectivity index (χ1) is 11.3. The molecule has 2 fully saturated rings. The second-order valence-electron chi connectivity index (χ2n) is 7.23. The van der Waals surface area contributed by atoms with E-state index in [1.807, 2.05) is 39.8 Å². The van der Waals surface area contributed by atoms with Crippen molar-refractivity contribution in [2.45, 2.75) is 74.7 Å². The average Bonchev–Trinajstić information content (AvgIpc) is 2.88. The van der Waals surface area contributed by atoms with Gasteiger partial charge in [-0.15, -0.1) is 0 Å². The van der Waals surface area contributed by atoms with Crippen molar-refractivity contribution in [2.75, 3.05) is 0 Å². The highest BCUT2D eigenvalue weighted by molar-refractivity contribution is 7.73. The van der Waals surface area contributed by atoms with Gasteiger partial charge in [-0.05, 0) is 10.6 Å². The number of rotatable bonds is 2. The molecular formula is C18H28O4P2. The fraction of sp³-hybridized carbons (Fsp3) is 0.667. The first kappa shape index (κ1) is 18.7. The van der Waals surface area contributed by atoms with Gasteiger partial charge >= 0.3 is 0 Å². The Labute approximate surface area is 146 Å². The van der Waals surface area contributed by atoms with Crippen LogP contribution < -0.4 is 10.6 Å². The van der Waals surface area contributed by atoms with Gasteiger partial charge in [0.25, 0.3) is 0 Å². The third-order valence-electron chi connectivity index (χ3n) is 5.87. The molecule has 1 aromatic carbocycles. The Hall–Kier alpha value is -0.0800. The molecule has 4 N–H and O–H groups in total. The zero-order valence-electron chi connectivity index (χ0n) is 14.6. The molecular weight excluding hydrogens is 342 g/mol. The Bertz CT molecular complexity index is 519. The molecule has 0 spiro atoms. The van der Waals surface area contributed by atoms with Crippen LogP contribution >= 0.6 is 15.8 Å². The van der Waals surface area contributed by atoms with Crippen LogP contribution in [-0.4, -0.2) is 67.5 Å². The maximum atomic E-state index is 10.3. The van der Waals surface area contributed by atoms with E-state index in [4.69, 9.17) is 0 Å². The smallest absolute Gasteiger partial charge is 0.0872 e. The van der Waals surface area contributed by atoms with E-state index in [2.05, 4.69) is 12.1 Å². The van der Waals surface area contributed by atoms with Gasteiger partial charge in [-0.2, -0.15) is 0 Å². The maximum absolute atomic E-state index is 10.3. The highest BCUT2D eigenvalue weighted by Gasteiger charge is 2.49. The van der Waals surface area contributed by atoms with E-state index in [0.29, 0.717) is 0 Å². The van der Waals surface area contributed by atoms with Gasteiger partial charge < -0.3 is 20.4 Å². The van der Waals surface area contributed by atoms with E-state index >= 15 is 0 Å². The molecule has 2 saturated heterocycles. The van der Waals surface area contributed by atoms with Crippen LogP contribution in [0.25, 0.3) is 0 Å². The van der Waals surface area contributed by atoms with Crippen LogP contribution in [0.4, 0.5) is 0 Å². The number of hydrogen-bond acceptors (Lipinski definition) is 4. The van der Waals surface area contributed by atoms with Crippen LogP contribution in [0, 0.1) is 0 Å². The molecule has 0 radical (unpaired) electrons. The van der Waals surface area contributed by atoms with Crippen molar-refractivity contribution >= 4 is 26.5 Å². The van der Waals surface area contributed by atoms with Crippen LogP contribution in [0.2, 0.25) is 0 Å². The van der Waals surface area contributed by atoms with E-state index in [9.17, 15) is 20.4 Å². The summed E-state index contributed by atoms with van der Waals surface area (Å²) in [4.78, 5) is 0. The topological polar surface area (TPSA) is 80.9 Å². The third-order valence-corrected chi connectivity index (χ3v) is 12.7. The molecule has 3 rings (SSSR count). The molecule has 10 atom stereocenters. The molecule has 0 bridgehead atoms. The zero-order valence-corrected chi connectivity index (χ0v) is 16.4. The molecule has 2 aliphatic heterocycles. The van der Waals surface area contributed by atoms with E-state index in [1.54, 1.807) is 0 Å². The molecule has 2 heterocycles. The summed E-state index contributed by atoms with van der Waals surface area (Å²) in [6.45, 7) is 8.10. The summed E-state index contributed by atoms with van der Waals surface area (Å²) in [6.07, 6.45) is -2.72. The predicted octanol–water partition coefficient (Wildman–Crippen LogP) is 0.926. The minimum atomic E-state index is -0.692. The molecule has 2 aliphatic rings. The minimum Gasteiger partial charge on any atom is -0.390 e.